The molecule has 3 rings (SSSR count). The van der Waals surface area contributed by atoms with E-state index in [1.807, 2.05) is 30.5 Å². The van der Waals surface area contributed by atoms with Crippen molar-refractivity contribution < 1.29 is 4.79 Å². The fourth-order valence-corrected chi connectivity index (χ4v) is 3.21. The first-order valence-corrected chi connectivity index (χ1v) is 9.01. The molecule has 0 radical (unpaired) electrons. The first-order chi connectivity index (χ1) is 11.7. The van der Waals surface area contributed by atoms with E-state index < -0.39 is 0 Å². The first-order valence-electron chi connectivity index (χ1n) is 8.13. The molecule has 1 aliphatic heterocycles. The second-order valence-electron chi connectivity index (χ2n) is 5.67. The van der Waals surface area contributed by atoms with E-state index in [1.165, 1.54) is 24.2 Å². The molecule has 0 unspecified atom stereocenters. The maximum absolute atomic E-state index is 11.7. The molecule has 1 aliphatic rings. The lowest BCUT2D eigenvalue weighted by Crippen LogP contribution is -2.32. The highest BCUT2D eigenvalue weighted by molar-refractivity contribution is 7.14. The van der Waals surface area contributed by atoms with Crippen molar-refractivity contribution in [2.75, 3.05) is 41.7 Å². The number of anilines is 3. The number of nitrogens with one attached hydrogen (secondary N) is 3. The minimum Gasteiger partial charge on any atom is -0.356 e. The Kier molecular flexibility index (Phi) is 5.47. The maximum Gasteiger partial charge on any atom is 0.319 e. The van der Waals surface area contributed by atoms with E-state index in [1.54, 1.807) is 0 Å². The molecule has 3 N–H and O–H groups in total. The molecule has 2 aromatic rings. The topological polar surface area (TPSA) is 82.2 Å². The molecule has 0 saturated carbocycles. The largest absolute Gasteiger partial charge is 0.356 e. The molecule has 0 spiro atoms. The Morgan fingerprint density at radius 3 is 2.88 bits per heavy atom. The minimum atomic E-state index is -0.206. The quantitative estimate of drug-likeness (QED) is 0.701. The van der Waals surface area contributed by atoms with E-state index in [0.717, 1.165) is 29.6 Å². The fraction of sp³-hybridized carbons (Fsp3) is 0.438. The Morgan fingerprint density at radius 2 is 2.12 bits per heavy atom. The van der Waals surface area contributed by atoms with Crippen LogP contribution in [-0.2, 0) is 0 Å². The van der Waals surface area contributed by atoms with E-state index >= 15 is 0 Å². The maximum atomic E-state index is 11.7. The van der Waals surface area contributed by atoms with E-state index in [4.69, 9.17) is 0 Å². The third-order valence-corrected chi connectivity index (χ3v) is 4.51. The SMILES string of the molecule is Cc1cc(N2CCCC2)nc(NCCNC(=O)Nc2cccs2)n1. The van der Waals surface area contributed by atoms with Gasteiger partial charge in [0.2, 0.25) is 5.95 Å². The summed E-state index contributed by atoms with van der Waals surface area (Å²) in [5, 5.41) is 11.5. The van der Waals surface area contributed by atoms with Gasteiger partial charge in [-0.3, -0.25) is 5.32 Å². The predicted octanol–water partition coefficient (Wildman–Crippen LogP) is 2.68. The summed E-state index contributed by atoms with van der Waals surface area (Å²) >= 11 is 1.49. The van der Waals surface area contributed by atoms with E-state index in [2.05, 4.69) is 30.8 Å². The summed E-state index contributed by atoms with van der Waals surface area (Å²) in [6, 6.07) is 5.57. The molecular weight excluding hydrogens is 324 g/mol. The number of carbonyl (C=O) groups is 1. The van der Waals surface area contributed by atoms with Crippen molar-refractivity contribution in [3.8, 4) is 0 Å². The Bertz CT molecular complexity index is 669. The van der Waals surface area contributed by atoms with Crippen molar-refractivity contribution >= 4 is 34.1 Å². The third-order valence-electron chi connectivity index (χ3n) is 3.72. The van der Waals surface area contributed by atoms with Gasteiger partial charge in [-0.15, -0.1) is 11.3 Å². The second-order valence-corrected chi connectivity index (χ2v) is 6.62. The van der Waals surface area contributed by atoms with Gasteiger partial charge in [-0.05, 0) is 37.3 Å². The van der Waals surface area contributed by atoms with Crippen LogP contribution < -0.4 is 20.9 Å². The van der Waals surface area contributed by atoms with Gasteiger partial charge in [0, 0.05) is 37.9 Å². The Labute approximate surface area is 145 Å². The van der Waals surface area contributed by atoms with Gasteiger partial charge >= 0.3 is 6.03 Å². The molecule has 2 aromatic heterocycles. The number of thiophene rings is 1. The normalized spacial score (nSPS) is 13.8. The van der Waals surface area contributed by atoms with E-state index in [0.29, 0.717) is 19.0 Å². The van der Waals surface area contributed by atoms with Crippen LogP contribution >= 0.6 is 11.3 Å². The zero-order chi connectivity index (χ0) is 16.8. The molecular formula is C16H22N6OS. The number of amides is 2. The van der Waals surface area contributed by atoms with Gasteiger partial charge in [0.15, 0.2) is 0 Å². The summed E-state index contributed by atoms with van der Waals surface area (Å²) in [6.45, 7) is 5.15. The molecule has 1 saturated heterocycles. The molecule has 0 aromatic carbocycles. The second kappa shape index (κ2) is 7.96. The summed E-state index contributed by atoms with van der Waals surface area (Å²) < 4.78 is 0. The van der Waals surface area contributed by atoms with Crippen LogP contribution in [-0.4, -0.2) is 42.2 Å². The van der Waals surface area contributed by atoms with Crippen LogP contribution in [0.15, 0.2) is 23.6 Å². The molecule has 24 heavy (non-hydrogen) atoms. The molecule has 1 fully saturated rings. The highest BCUT2D eigenvalue weighted by Gasteiger charge is 2.14. The first kappa shape index (κ1) is 16.5. The smallest absolute Gasteiger partial charge is 0.319 e. The van der Waals surface area contributed by atoms with Gasteiger partial charge in [-0.2, -0.15) is 4.98 Å². The Balaban J connectivity index is 1.45. The lowest BCUT2D eigenvalue weighted by molar-refractivity contribution is 0.252. The number of aryl methyl sites for hydroxylation is 1. The Hall–Kier alpha value is -2.35. The van der Waals surface area contributed by atoms with Crippen molar-refractivity contribution in [3.63, 3.8) is 0 Å². The van der Waals surface area contributed by atoms with Crippen LogP contribution in [0.3, 0.4) is 0 Å². The summed E-state index contributed by atoms with van der Waals surface area (Å²) in [6.07, 6.45) is 2.43. The van der Waals surface area contributed by atoms with Gasteiger partial charge in [-0.25, -0.2) is 9.78 Å². The van der Waals surface area contributed by atoms with Crippen LogP contribution in [0.1, 0.15) is 18.5 Å². The van der Waals surface area contributed by atoms with E-state index in [9.17, 15) is 4.79 Å². The highest BCUT2D eigenvalue weighted by atomic mass is 32.1. The van der Waals surface area contributed by atoms with Gasteiger partial charge in [0.25, 0.3) is 0 Å². The van der Waals surface area contributed by atoms with E-state index in [-0.39, 0.29) is 6.03 Å². The number of nitrogens with zero attached hydrogens (tertiary/aromatic N) is 3. The highest BCUT2D eigenvalue weighted by Crippen LogP contribution is 2.19. The van der Waals surface area contributed by atoms with Crippen molar-refractivity contribution in [3.05, 3.63) is 29.3 Å². The van der Waals surface area contributed by atoms with Gasteiger partial charge in [0.05, 0.1) is 5.00 Å². The third kappa shape index (κ3) is 4.58. The van der Waals surface area contributed by atoms with Crippen LogP contribution in [0.4, 0.5) is 21.6 Å². The predicted molar refractivity (Wildman–Crippen MR) is 98.0 cm³/mol. The standard InChI is InChI=1S/C16H22N6OS/c1-12-11-13(22-8-2-3-9-22)20-15(19-12)17-6-7-18-16(23)21-14-5-4-10-24-14/h4-5,10-11H,2-3,6-9H2,1H3,(H,17,19,20)(H2,18,21,23). The molecule has 3 heterocycles. The zero-order valence-corrected chi connectivity index (χ0v) is 14.5. The van der Waals surface area contributed by atoms with Crippen molar-refractivity contribution in [2.24, 2.45) is 0 Å². The number of hydrogen-bond acceptors (Lipinski definition) is 6. The molecule has 0 atom stereocenters. The molecule has 0 bridgehead atoms. The Morgan fingerprint density at radius 1 is 1.29 bits per heavy atom. The average molecular weight is 346 g/mol. The van der Waals surface area contributed by atoms with Crippen molar-refractivity contribution in [2.45, 2.75) is 19.8 Å². The van der Waals surface area contributed by atoms with Gasteiger partial charge in [-0.1, -0.05) is 0 Å². The van der Waals surface area contributed by atoms with Gasteiger partial charge < -0.3 is 15.5 Å². The molecule has 2 amide bonds. The molecule has 0 aliphatic carbocycles. The van der Waals surface area contributed by atoms with Crippen LogP contribution in [0.5, 0.6) is 0 Å². The number of aromatic nitrogens is 2. The molecule has 8 heteroatoms. The molecule has 7 nitrogen and oxygen atoms in total. The van der Waals surface area contributed by atoms with Crippen molar-refractivity contribution in [1.29, 1.82) is 0 Å². The number of rotatable bonds is 6. The summed E-state index contributed by atoms with van der Waals surface area (Å²) in [5.41, 5.74) is 0.942. The number of urea groups is 1. The molecule has 128 valence electrons. The number of hydrogen-bond donors (Lipinski definition) is 3. The lowest BCUT2D eigenvalue weighted by Gasteiger charge is -2.17. The monoisotopic (exact) mass is 346 g/mol. The summed E-state index contributed by atoms with van der Waals surface area (Å²) in [7, 11) is 0. The van der Waals surface area contributed by atoms with Crippen LogP contribution in [0, 0.1) is 6.92 Å². The van der Waals surface area contributed by atoms with Crippen LogP contribution in [0.25, 0.3) is 0 Å². The van der Waals surface area contributed by atoms with Gasteiger partial charge in [0.1, 0.15) is 5.82 Å². The average Bonchev–Trinajstić information content (AvgIpc) is 3.24. The lowest BCUT2D eigenvalue weighted by atomic mass is 10.4. The van der Waals surface area contributed by atoms with Crippen molar-refractivity contribution in [1.82, 2.24) is 15.3 Å². The number of carbonyl (C=O) groups excluding carboxylic acids is 1. The summed E-state index contributed by atoms with van der Waals surface area (Å²) in [4.78, 5) is 23.0. The summed E-state index contributed by atoms with van der Waals surface area (Å²) in [5.74, 6) is 1.59. The van der Waals surface area contributed by atoms with Crippen LogP contribution in [0.2, 0.25) is 0 Å². The zero-order valence-electron chi connectivity index (χ0n) is 13.7. The minimum absolute atomic E-state index is 0.206. The fourth-order valence-electron chi connectivity index (χ4n) is 2.60.